The molecular weight excluding hydrogens is 278 g/mol. The summed E-state index contributed by atoms with van der Waals surface area (Å²) in [5.74, 6) is 0.569. The van der Waals surface area contributed by atoms with Gasteiger partial charge in [0.1, 0.15) is 0 Å². The van der Waals surface area contributed by atoms with E-state index in [4.69, 9.17) is 11.6 Å². The van der Waals surface area contributed by atoms with Gasteiger partial charge in [-0.3, -0.25) is 0 Å². The minimum atomic E-state index is 0.132. The third kappa shape index (κ3) is 2.80. The highest BCUT2D eigenvalue weighted by Crippen LogP contribution is 2.44. The van der Waals surface area contributed by atoms with E-state index in [2.05, 4.69) is 68.1 Å². The van der Waals surface area contributed by atoms with Gasteiger partial charge in [-0.1, -0.05) is 54.9 Å². The third-order valence-corrected chi connectivity index (χ3v) is 4.77. The molecule has 0 aromatic heterocycles. The number of halogens is 1. The van der Waals surface area contributed by atoms with Crippen LogP contribution in [0, 0.1) is 0 Å². The van der Waals surface area contributed by atoms with Crippen LogP contribution in [-0.4, -0.2) is 5.54 Å². The minimum absolute atomic E-state index is 0.132. The van der Waals surface area contributed by atoms with Gasteiger partial charge in [-0.25, -0.2) is 0 Å². The van der Waals surface area contributed by atoms with Crippen molar-refractivity contribution < 1.29 is 0 Å². The van der Waals surface area contributed by atoms with Crippen LogP contribution in [0.15, 0.2) is 48.5 Å². The largest absolute Gasteiger partial charge is 0.362 e. The molecule has 0 amide bonds. The van der Waals surface area contributed by atoms with E-state index >= 15 is 0 Å². The maximum Gasteiger partial charge on any atom is 0.0435 e. The molecule has 110 valence electrons. The molecular formula is C19H22ClN. The molecule has 1 aliphatic rings. The Morgan fingerprint density at radius 3 is 2.57 bits per heavy atom. The van der Waals surface area contributed by atoms with Crippen LogP contribution in [0.3, 0.4) is 0 Å². The van der Waals surface area contributed by atoms with Crippen LogP contribution in [0.4, 0.5) is 5.69 Å². The molecule has 0 saturated carbocycles. The van der Waals surface area contributed by atoms with E-state index < -0.39 is 0 Å². The van der Waals surface area contributed by atoms with Crippen LogP contribution in [0.1, 0.15) is 44.2 Å². The number of rotatable bonds is 2. The summed E-state index contributed by atoms with van der Waals surface area (Å²) in [5.41, 5.74) is 4.17. The topological polar surface area (TPSA) is 3.24 Å². The molecule has 0 spiro atoms. The van der Waals surface area contributed by atoms with Crippen LogP contribution in [-0.2, 0) is 6.54 Å². The zero-order valence-electron chi connectivity index (χ0n) is 12.9. The van der Waals surface area contributed by atoms with Gasteiger partial charge in [-0.2, -0.15) is 0 Å². The first-order valence-corrected chi connectivity index (χ1v) is 7.96. The Bertz CT molecular complexity index is 633. The van der Waals surface area contributed by atoms with Gasteiger partial charge in [0, 0.05) is 22.8 Å². The SMILES string of the molecule is CC1CC(C)(C)N(Cc2ccccc2)c2cc(Cl)ccc21. The van der Waals surface area contributed by atoms with Gasteiger partial charge in [0.15, 0.2) is 0 Å². The van der Waals surface area contributed by atoms with Crippen molar-refractivity contribution in [1.82, 2.24) is 0 Å². The highest BCUT2D eigenvalue weighted by atomic mass is 35.5. The summed E-state index contributed by atoms with van der Waals surface area (Å²) in [4.78, 5) is 2.50. The van der Waals surface area contributed by atoms with Crippen molar-refractivity contribution in [1.29, 1.82) is 0 Å². The van der Waals surface area contributed by atoms with Crippen molar-refractivity contribution in [2.75, 3.05) is 4.90 Å². The van der Waals surface area contributed by atoms with E-state index in [0.717, 1.165) is 18.0 Å². The van der Waals surface area contributed by atoms with E-state index in [1.807, 2.05) is 6.07 Å². The number of anilines is 1. The monoisotopic (exact) mass is 299 g/mol. The first-order valence-electron chi connectivity index (χ1n) is 7.58. The molecule has 0 fully saturated rings. The average Bonchev–Trinajstić information content (AvgIpc) is 2.44. The summed E-state index contributed by atoms with van der Waals surface area (Å²) in [5, 5.41) is 0.816. The van der Waals surface area contributed by atoms with Crippen LogP contribution in [0.5, 0.6) is 0 Å². The highest BCUT2D eigenvalue weighted by molar-refractivity contribution is 6.30. The predicted octanol–water partition coefficient (Wildman–Crippen LogP) is 5.63. The van der Waals surface area contributed by atoms with E-state index in [0.29, 0.717) is 5.92 Å². The fourth-order valence-electron chi connectivity index (χ4n) is 3.53. The fourth-order valence-corrected chi connectivity index (χ4v) is 3.69. The Labute approximate surface area is 132 Å². The lowest BCUT2D eigenvalue weighted by atomic mass is 9.80. The summed E-state index contributed by atoms with van der Waals surface area (Å²) < 4.78 is 0. The van der Waals surface area contributed by atoms with Gasteiger partial charge < -0.3 is 4.90 Å². The number of benzene rings is 2. The first-order chi connectivity index (χ1) is 9.97. The number of nitrogens with zero attached hydrogens (tertiary/aromatic N) is 1. The van der Waals surface area contributed by atoms with Crippen molar-refractivity contribution in [3.63, 3.8) is 0 Å². The third-order valence-electron chi connectivity index (χ3n) is 4.53. The molecule has 2 aromatic carbocycles. The summed E-state index contributed by atoms with van der Waals surface area (Å²) in [6.07, 6.45) is 1.16. The Balaban J connectivity index is 2.05. The molecule has 0 bridgehead atoms. The number of fused-ring (bicyclic) bond motifs is 1. The van der Waals surface area contributed by atoms with Crippen molar-refractivity contribution in [3.8, 4) is 0 Å². The fraction of sp³-hybridized carbons (Fsp3) is 0.368. The Morgan fingerprint density at radius 1 is 1.14 bits per heavy atom. The molecule has 21 heavy (non-hydrogen) atoms. The van der Waals surface area contributed by atoms with Gasteiger partial charge in [-0.05, 0) is 49.4 Å². The second kappa shape index (κ2) is 5.38. The lowest BCUT2D eigenvalue weighted by Gasteiger charge is -2.47. The molecule has 0 aliphatic carbocycles. The van der Waals surface area contributed by atoms with Crippen molar-refractivity contribution in [2.45, 2.75) is 45.2 Å². The summed E-state index contributed by atoms with van der Waals surface area (Å²) in [7, 11) is 0. The second-order valence-corrected chi connectivity index (χ2v) is 7.13. The van der Waals surface area contributed by atoms with Crippen LogP contribution < -0.4 is 4.90 Å². The minimum Gasteiger partial charge on any atom is -0.362 e. The molecule has 1 unspecified atom stereocenters. The Hall–Kier alpha value is -1.47. The maximum atomic E-state index is 6.26. The van der Waals surface area contributed by atoms with Crippen LogP contribution in [0.25, 0.3) is 0 Å². The molecule has 1 aliphatic heterocycles. The van der Waals surface area contributed by atoms with Crippen molar-refractivity contribution in [2.24, 2.45) is 0 Å². The second-order valence-electron chi connectivity index (χ2n) is 6.69. The van der Waals surface area contributed by atoms with E-state index in [1.54, 1.807) is 0 Å². The highest BCUT2D eigenvalue weighted by Gasteiger charge is 2.36. The smallest absolute Gasteiger partial charge is 0.0435 e. The molecule has 1 atom stereocenters. The molecule has 1 nitrogen and oxygen atoms in total. The lowest BCUT2D eigenvalue weighted by molar-refractivity contribution is 0.374. The maximum absolute atomic E-state index is 6.26. The summed E-state index contributed by atoms with van der Waals surface area (Å²) in [6, 6.07) is 17.0. The van der Waals surface area contributed by atoms with E-state index in [9.17, 15) is 0 Å². The molecule has 0 radical (unpaired) electrons. The Kier molecular flexibility index (Phi) is 3.71. The summed E-state index contributed by atoms with van der Waals surface area (Å²) in [6.45, 7) is 7.90. The molecule has 2 heteroatoms. The van der Waals surface area contributed by atoms with Crippen molar-refractivity contribution >= 4 is 17.3 Å². The molecule has 1 heterocycles. The van der Waals surface area contributed by atoms with Gasteiger partial charge in [0.05, 0.1) is 0 Å². The average molecular weight is 300 g/mol. The molecule has 0 N–H and O–H groups in total. The lowest BCUT2D eigenvalue weighted by Crippen LogP contribution is -2.47. The summed E-state index contributed by atoms with van der Waals surface area (Å²) >= 11 is 6.26. The van der Waals surface area contributed by atoms with Gasteiger partial charge >= 0.3 is 0 Å². The zero-order valence-corrected chi connectivity index (χ0v) is 13.7. The molecule has 3 rings (SSSR count). The normalized spacial score (nSPS) is 20.2. The first kappa shape index (κ1) is 14.5. The quantitative estimate of drug-likeness (QED) is 0.694. The van der Waals surface area contributed by atoms with Gasteiger partial charge in [-0.15, -0.1) is 0 Å². The zero-order chi connectivity index (χ0) is 15.0. The number of hydrogen-bond acceptors (Lipinski definition) is 1. The Morgan fingerprint density at radius 2 is 1.86 bits per heavy atom. The van der Waals surface area contributed by atoms with Crippen LogP contribution in [0.2, 0.25) is 5.02 Å². The molecule has 0 saturated heterocycles. The van der Waals surface area contributed by atoms with Gasteiger partial charge in [0.25, 0.3) is 0 Å². The van der Waals surface area contributed by atoms with Gasteiger partial charge in [0.2, 0.25) is 0 Å². The molecule has 2 aromatic rings. The van der Waals surface area contributed by atoms with Crippen molar-refractivity contribution in [3.05, 3.63) is 64.7 Å². The van der Waals surface area contributed by atoms with Crippen LogP contribution >= 0.6 is 11.6 Å². The predicted molar refractivity (Wildman–Crippen MR) is 91.2 cm³/mol. The van der Waals surface area contributed by atoms with E-state index in [1.165, 1.54) is 16.8 Å². The standard InChI is InChI=1S/C19H22ClN/c1-14-12-19(2,3)21(13-15-7-5-4-6-8-15)18-11-16(20)9-10-17(14)18/h4-11,14H,12-13H2,1-3H3. The number of hydrogen-bond donors (Lipinski definition) is 0. The van der Waals surface area contributed by atoms with E-state index in [-0.39, 0.29) is 5.54 Å².